The maximum atomic E-state index is 4.06. The van der Waals surface area contributed by atoms with E-state index >= 15 is 0 Å². The van der Waals surface area contributed by atoms with Gasteiger partial charge in [-0.2, -0.15) is 0 Å². The van der Waals surface area contributed by atoms with Crippen molar-refractivity contribution in [3.8, 4) is 44.5 Å². The first-order valence-electron chi connectivity index (χ1n) is 15.7. The van der Waals surface area contributed by atoms with Gasteiger partial charge >= 0.3 is 0 Å². The molecule has 0 spiro atoms. The highest BCUT2D eigenvalue weighted by Crippen LogP contribution is 2.53. The molecule has 48 heavy (non-hydrogen) atoms. The highest BCUT2D eigenvalue weighted by Gasteiger charge is 2.25. The summed E-state index contributed by atoms with van der Waals surface area (Å²) < 4.78 is 4.26. The first kappa shape index (κ1) is 30.3. The summed E-state index contributed by atoms with van der Waals surface area (Å²) in [4.78, 5) is 0. The van der Waals surface area contributed by atoms with Crippen LogP contribution >= 0.6 is 63.7 Å². The number of fused-ring (bicyclic) bond motifs is 2. The number of benzene rings is 9. The van der Waals surface area contributed by atoms with Crippen LogP contribution in [0.25, 0.3) is 87.6 Å². The molecule has 0 aliphatic rings. The minimum absolute atomic E-state index is 1.06. The summed E-state index contributed by atoms with van der Waals surface area (Å²) >= 11 is 16.0. The summed E-state index contributed by atoms with van der Waals surface area (Å²) in [5.74, 6) is 0. The Balaban J connectivity index is 1.52. The van der Waals surface area contributed by atoms with Crippen molar-refractivity contribution >= 4 is 107 Å². The van der Waals surface area contributed by atoms with Crippen LogP contribution in [0.15, 0.2) is 163 Å². The molecule has 228 valence electrons. The number of hydrogen-bond donors (Lipinski definition) is 0. The van der Waals surface area contributed by atoms with Crippen molar-refractivity contribution in [3.63, 3.8) is 0 Å². The lowest BCUT2D eigenvalue weighted by molar-refractivity contribution is 1.59. The van der Waals surface area contributed by atoms with Gasteiger partial charge in [-0.1, -0.05) is 185 Å². The fourth-order valence-electron chi connectivity index (χ4n) is 7.53. The van der Waals surface area contributed by atoms with Crippen molar-refractivity contribution < 1.29 is 0 Å². The van der Waals surface area contributed by atoms with Gasteiger partial charge in [-0.15, -0.1) is 0 Å². The van der Waals surface area contributed by atoms with E-state index < -0.39 is 0 Å². The Hall–Kier alpha value is -3.80. The van der Waals surface area contributed by atoms with Gasteiger partial charge in [-0.05, 0) is 90.3 Å². The molecule has 4 heteroatoms. The van der Waals surface area contributed by atoms with E-state index in [-0.39, 0.29) is 0 Å². The second kappa shape index (κ2) is 12.0. The van der Waals surface area contributed by atoms with Crippen LogP contribution in [0.5, 0.6) is 0 Å². The van der Waals surface area contributed by atoms with E-state index in [1.54, 1.807) is 0 Å². The molecule has 0 atom stereocenters. The van der Waals surface area contributed by atoms with Crippen molar-refractivity contribution in [2.75, 3.05) is 0 Å². The van der Waals surface area contributed by atoms with Gasteiger partial charge in [0.2, 0.25) is 0 Å². The molecular weight excluding hydrogens is 848 g/mol. The van der Waals surface area contributed by atoms with Gasteiger partial charge < -0.3 is 0 Å². The Morgan fingerprint density at radius 1 is 0.250 bits per heavy atom. The average molecular weight is 872 g/mol. The second-order valence-electron chi connectivity index (χ2n) is 12.1. The highest BCUT2D eigenvalue weighted by molar-refractivity contribution is 9.11. The Morgan fingerprint density at radius 2 is 0.604 bits per heavy atom. The third-order valence-corrected chi connectivity index (χ3v) is 12.1. The van der Waals surface area contributed by atoms with Gasteiger partial charge in [-0.3, -0.25) is 0 Å². The van der Waals surface area contributed by atoms with Crippen LogP contribution < -0.4 is 0 Å². The zero-order valence-corrected chi connectivity index (χ0v) is 31.7. The van der Waals surface area contributed by atoms with Gasteiger partial charge in [0.1, 0.15) is 0 Å². The lowest BCUT2D eigenvalue weighted by Crippen LogP contribution is -1.96. The molecule has 0 N–H and O–H groups in total. The topological polar surface area (TPSA) is 0 Å². The molecule has 9 rings (SSSR count). The molecule has 0 aromatic heterocycles. The number of hydrogen-bond acceptors (Lipinski definition) is 0. The summed E-state index contributed by atoms with van der Waals surface area (Å²) in [5.41, 5.74) is 9.64. The van der Waals surface area contributed by atoms with Crippen LogP contribution in [-0.4, -0.2) is 0 Å². The molecule has 0 unspecified atom stereocenters. The van der Waals surface area contributed by atoms with Crippen molar-refractivity contribution in [3.05, 3.63) is 163 Å². The standard InChI is InChI=1S/C44H24Br4/c45-35-22-20-32-40-34(30-18-10-8-16-28(30)26-13-5-2-6-14-26)24-38(48)44-36(46)21-19-31(42(40)44)39-33(23-37(47)43(35)41(32)39)29-17-9-7-15-27(29)25-11-3-1-4-12-25/h1-24H. The van der Waals surface area contributed by atoms with Gasteiger partial charge in [0.15, 0.2) is 0 Å². The van der Waals surface area contributed by atoms with E-state index in [0.717, 1.165) is 17.9 Å². The van der Waals surface area contributed by atoms with Crippen molar-refractivity contribution in [1.29, 1.82) is 0 Å². The Bertz CT molecular complexity index is 2510. The van der Waals surface area contributed by atoms with Crippen molar-refractivity contribution in [2.45, 2.75) is 0 Å². The van der Waals surface area contributed by atoms with Gasteiger partial charge in [0.05, 0.1) is 0 Å². The van der Waals surface area contributed by atoms with Gasteiger partial charge in [-0.25, -0.2) is 0 Å². The normalized spacial score (nSPS) is 11.8. The van der Waals surface area contributed by atoms with Crippen LogP contribution in [0.3, 0.4) is 0 Å². The fourth-order valence-corrected chi connectivity index (χ4v) is 10.4. The molecule has 0 amide bonds. The van der Waals surface area contributed by atoms with E-state index in [2.05, 4.69) is 209 Å². The summed E-state index contributed by atoms with van der Waals surface area (Å²) in [6, 6.07) is 52.6. The molecule has 0 nitrogen and oxygen atoms in total. The van der Waals surface area contributed by atoms with Crippen LogP contribution in [0.2, 0.25) is 0 Å². The maximum absolute atomic E-state index is 4.06. The maximum Gasteiger partial charge on any atom is 0.0271 e. The van der Waals surface area contributed by atoms with Crippen LogP contribution in [0.4, 0.5) is 0 Å². The molecule has 0 aliphatic carbocycles. The molecule has 0 bridgehead atoms. The summed E-state index contributed by atoms with van der Waals surface area (Å²) in [6.45, 7) is 0. The van der Waals surface area contributed by atoms with E-state index in [1.807, 2.05) is 0 Å². The second-order valence-corrected chi connectivity index (χ2v) is 15.5. The van der Waals surface area contributed by atoms with Crippen LogP contribution in [0, 0.1) is 0 Å². The molecule has 0 fully saturated rings. The minimum atomic E-state index is 1.06. The zero-order valence-electron chi connectivity index (χ0n) is 25.4. The predicted molar refractivity (Wildman–Crippen MR) is 220 cm³/mol. The van der Waals surface area contributed by atoms with Crippen molar-refractivity contribution in [1.82, 2.24) is 0 Å². The zero-order chi connectivity index (χ0) is 32.5. The molecule has 9 aromatic rings. The fraction of sp³-hybridized carbons (Fsp3) is 0. The molecule has 9 aromatic carbocycles. The summed E-state index contributed by atoms with van der Waals surface area (Å²) in [6.07, 6.45) is 0. The summed E-state index contributed by atoms with van der Waals surface area (Å²) in [7, 11) is 0. The lowest BCUT2D eigenvalue weighted by atomic mass is 9.82. The molecule has 0 saturated heterocycles. The van der Waals surface area contributed by atoms with Crippen molar-refractivity contribution in [2.24, 2.45) is 0 Å². The molecule has 0 radical (unpaired) electrons. The molecule has 0 saturated carbocycles. The number of halogens is 4. The molecule has 0 heterocycles. The smallest absolute Gasteiger partial charge is 0.0271 e. The number of rotatable bonds is 4. The first-order chi connectivity index (χ1) is 23.5. The average Bonchev–Trinajstić information content (AvgIpc) is 3.13. The van der Waals surface area contributed by atoms with E-state index in [4.69, 9.17) is 0 Å². The SMILES string of the molecule is Brc1ccc2c3c(-c4ccccc4-c4ccccc4)cc(Br)c4c(Br)ccc(c5c(-c6ccccc6-c6ccccc6)cc(Br)c1c25)c43. The summed E-state index contributed by atoms with van der Waals surface area (Å²) in [5, 5.41) is 9.79. The molecular formula is C44H24Br4. The van der Waals surface area contributed by atoms with Crippen LogP contribution in [0.1, 0.15) is 0 Å². The largest absolute Gasteiger partial charge is 0.0622 e. The Labute approximate surface area is 312 Å². The Morgan fingerprint density at radius 3 is 1.00 bits per heavy atom. The lowest BCUT2D eigenvalue weighted by Gasteiger charge is -2.23. The third-order valence-electron chi connectivity index (χ3n) is 9.51. The highest BCUT2D eigenvalue weighted by atomic mass is 79.9. The first-order valence-corrected chi connectivity index (χ1v) is 18.9. The van der Waals surface area contributed by atoms with Gasteiger partial charge in [0.25, 0.3) is 0 Å². The Kier molecular flexibility index (Phi) is 7.54. The van der Waals surface area contributed by atoms with E-state index in [9.17, 15) is 0 Å². The van der Waals surface area contributed by atoms with Crippen LogP contribution in [-0.2, 0) is 0 Å². The van der Waals surface area contributed by atoms with Gasteiger partial charge in [0, 0.05) is 39.4 Å². The monoisotopic (exact) mass is 868 g/mol. The van der Waals surface area contributed by atoms with E-state index in [1.165, 1.54) is 87.6 Å². The predicted octanol–water partition coefficient (Wildman–Crippen LogP) is 15.5. The third kappa shape index (κ3) is 4.64. The molecule has 0 aliphatic heterocycles. The van der Waals surface area contributed by atoms with E-state index in [0.29, 0.717) is 0 Å². The quantitative estimate of drug-likeness (QED) is 0.122. The minimum Gasteiger partial charge on any atom is -0.0622 e.